The Bertz CT molecular complexity index is 515. The number of rotatable bonds is 5. The van der Waals surface area contributed by atoms with Crippen molar-refractivity contribution >= 4 is 31.9 Å². The van der Waals surface area contributed by atoms with E-state index >= 15 is 0 Å². The molecule has 7 heteroatoms. The number of sulfonamides is 1. The molecule has 0 bridgehead atoms. The Morgan fingerprint density at radius 1 is 1.53 bits per heavy atom. The first kappa shape index (κ1) is 14.1. The second kappa shape index (κ2) is 5.61. The van der Waals surface area contributed by atoms with Gasteiger partial charge in [0.05, 0.1) is 4.90 Å². The van der Waals surface area contributed by atoms with Crippen molar-refractivity contribution in [2.45, 2.75) is 24.3 Å². The molecule has 0 aliphatic carbocycles. The van der Waals surface area contributed by atoms with Crippen LogP contribution in [0.1, 0.15) is 13.3 Å². The lowest BCUT2D eigenvalue weighted by atomic mass is 10.2. The maximum Gasteiger partial charge on any atom is 0.321 e. The highest BCUT2D eigenvalue weighted by molar-refractivity contribution is 9.10. The summed E-state index contributed by atoms with van der Waals surface area (Å²) in [5, 5.41) is 8.80. The highest BCUT2D eigenvalue weighted by Crippen LogP contribution is 2.16. The van der Waals surface area contributed by atoms with Crippen molar-refractivity contribution in [1.29, 1.82) is 0 Å². The summed E-state index contributed by atoms with van der Waals surface area (Å²) in [7, 11) is -3.80. The van der Waals surface area contributed by atoms with Crippen molar-refractivity contribution in [3.05, 3.63) is 28.7 Å². The van der Waals surface area contributed by atoms with E-state index in [1.807, 2.05) is 0 Å². The predicted octanol–water partition coefficient (Wildman–Crippen LogP) is 1.59. The second-order valence-electron chi connectivity index (χ2n) is 3.38. The van der Waals surface area contributed by atoms with Crippen molar-refractivity contribution in [3.8, 4) is 0 Å². The third-order valence-corrected chi connectivity index (χ3v) is 4.07. The Morgan fingerprint density at radius 2 is 2.18 bits per heavy atom. The first-order chi connectivity index (χ1) is 7.86. The van der Waals surface area contributed by atoms with Gasteiger partial charge in [-0.25, -0.2) is 8.42 Å². The third-order valence-electron chi connectivity index (χ3n) is 2.11. The molecule has 0 saturated heterocycles. The summed E-state index contributed by atoms with van der Waals surface area (Å²) in [6, 6.07) is 4.96. The fourth-order valence-corrected chi connectivity index (χ4v) is 3.07. The van der Waals surface area contributed by atoms with E-state index in [0.717, 1.165) is 0 Å². The topological polar surface area (TPSA) is 83.5 Å². The first-order valence-corrected chi connectivity index (χ1v) is 7.15. The van der Waals surface area contributed by atoms with Crippen LogP contribution in [-0.4, -0.2) is 25.5 Å². The summed E-state index contributed by atoms with van der Waals surface area (Å²) < 4.78 is 26.5. The molecular weight excluding hydrogens is 310 g/mol. The number of carbonyl (C=O) groups is 1. The molecule has 1 aromatic carbocycles. The van der Waals surface area contributed by atoms with Crippen molar-refractivity contribution in [3.63, 3.8) is 0 Å². The molecule has 0 aromatic heterocycles. The van der Waals surface area contributed by atoms with Gasteiger partial charge in [-0.15, -0.1) is 0 Å². The molecule has 94 valence electrons. The lowest BCUT2D eigenvalue weighted by molar-refractivity contribution is -0.139. The molecule has 0 heterocycles. The summed E-state index contributed by atoms with van der Waals surface area (Å²) in [6.45, 7) is 1.60. The molecule has 0 fully saturated rings. The van der Waals surface area contributed by atoms with Gasteiger partial charge in [0.1, 0.15) is 6.04 Å². The molecule has 0 aliphatic heterocycles. The summed E-state index contributed by atoms with van der Waals surface area (Å²) in [4.78, 5) is 10.8. The molecule has 0 radical (unpaired) electrons. The van der Waals surface area contributed by atoms with Crippen LogP contribution < -0.4 is 4.72 Å². The van der Waals surface area contributed by atoms with Gasteiger partial charge < -0.3 is 5.11 Å². The maximum absolute atomic E-state index is 11.9. The highest BCUT2D eigenvalue weighted by atomic mass is 79.9. The number of halogens is 1. The molecule has 0 aliphatic rings. The Labute approximate surface area is 108 Å². The number of carboxylic acids is 1. The molecule has 1 atom stereocenters. The Morgan fingerprint density at radius 3 is 2.65 bits per heavy atom. The number of aliphatic carboxylic acids is 1. The van der Waals surface area contributed by atoms with Crippen LogP contribution in [0.4, 0.5) is 0 Å². The zero-order chi connectivity index (χ0) is 13.1. The van der Waals surface area contributed by atoms with E-state index in [9.17, 15) is 13.2 Å². The van der Waals surface area contributed by atoms with Crippen LogP contribution >= 0.6 is 15.9 Å². The zero-order valence-electron chi connectivity index (χ0n) is 9.05. The SMILES string of the molecule is CCC(NS(=O)(=O)c1cccc(Br)c1)C(=O)O. The monoisotopic (exact) mass is 321 g/mol. The van der Waals surface area contributed by atoms with Crippen LogP contribution in [0.25, 0.3) is 0 Å². The van der Waals surface area contributed by atoms with Crippen molar-refractivity contribution in [2.75, 3.05) is 0 Å². The van der Waals surface area contributed by atoms with Gasteiger partial charge in [-0.1, -0.05) is 28.9 Å². The van der Waals surface area contributed by atoms with Crippen LogP contribution in [-0.2, 0) is 14.8 Å². The number of hydrogen-bond donors (Lipinski definition) is 2. The van der Waals surface area contributed by atoms with E-state index in [4.69, 9.17) is 5.11 Å². The van der Waals surface area contributed by atoms with E-state index in [1.54, 1.807) is 19.1 Å². The van der Waals surface area contributed by atoms with Gasteiger partial charge >= 0.3 is 5.97 Å². The molecular formula is C10H12BrNO4S. The third kappa shape index (κ3) is 3.79. The lowest BCUT2D eigenvalue weighted by Crippen LogP contribution is -2.40. The van der Waals surface area contributed by atoms with Gasteiger partial charge in [-0.05, 0) is 24.6 Å². The van der Waals surface area contributed by atoms with Crippen molar-refractivity contribution in [2.24, 2.45) is 0 Å². The average Bonchev–Trinajstić information content (AvgIpc) is 2.25. The number of benzene rings is 1. The molecule has 5 nitrogen and oxygen atoms in total. The van der Waals surface area contributed by atoms with Crippen molar-refractivity contribution < 1.29 is 18.3 Å². The second-order valence-corrected chi connectivity index (χ2v) is 6.01. The van der Waals surface area contributed by atoms with Crippen LogP contribution in [0, 0.1) is 0 Å². The number of nitrogens with one attached hydrogen (secondary N) is 1. The highest BCUT2D eigenvalue weighted by Gasteiger charge is 2.23. The minimum absolute atomic E-state index is 0.0339. The Hall–Kier alpha value is -0.920. The van der Waals surface area contributed by atoms with Gasteiger partial charge in [-0.2, -0.15) is 4.72 Å². The smallest absolute Gasteiger partial charge is 0.321 e. The molecule has 1 aromatic rings. The fraction of sp³-hybridized carbons (Fsp3) is 0.300. The largest absolute Gasteiger partial charge is 0.480 e. The summed E-state index contributed by atoms with van der Waals surface area (Å²) in [5.41, 5.74) is 0. The lowest BCUT2D eigenvalue weighted by Gasteiger charge is -2.12. The number of carboxylic acid groups (broad SMARTS) is 1. The van der Waals surface area contributed by atoms with Crippen LogP contribution in [0.15, 0.2) is 33.6 Å². The maximum atomic E-state index is 11.9. The van der Waals surface area contributed by atoms with Crippen molar-refractivity contribution in [1.82, 2.24) is 4.72 Å². The van der Waals surface area contributed by atoms with E-state index < -0.39 is 22.0 Å². The molecule has 17 heavy (non-hydrogen) atoms. The van der Waals surface area contributed by atoms with Crippen LogP contribution in [0.5, 0.6) is 0 Å². The minimum Gasteiger partial charge on any atom is -0.480 e. The molecule has 1 unspecified atom stereocenters. The molecule has 1 rings (SSSR count). The van der Waals surface area contributed by atoms with Gasteiger partial charge in [0.25, 0.3) is 0 Å². The van der Waals surface area contributed by atoms with Gasteiger partial charge in [0, 0.05) is 4.47 Å². The summed E-state index contributed by atoms with van der Waals surface area (Å²) in [6.07, 6.45) is 0.183. The molecule has 0 spiro atoms. The van der Waals surface area contributed by atoms with E-state index in [-0.39, 0.29) is 11.3 Å². The average molecular weight is 322 g/mol. The molecule has 0 saturated carbocycles. The number of hydrogen-bond acceptors (Lipinski definition) is 3. The zero-order valence-corrected chi connectivity index (χ0v) is 11.5. The Kier molecular flexibility index (Phi) is 4.67. The predicted molar refractivity (Wildman–Crippen MR) is 66.2 cm³/mol. The van der Waals surface area contributed by atoms with Crippen LogP contribution in [0.3, 0.4) is 0 Å². The Balaban J connectivity index is 3.00. The molecule has 2 N–H and O–H groups in total. The standard InChI is InChI=1S/C10H12BrNO4S/c1-2-9(10(13)14)12-17(15,16)8-5-3-4-7(11)6-8/h3-6,9,12H,2H2,1H3,(H,13,14). The summed E-state index contributed by atoms with van der Waals surface area (Å²) in [5.74, 6) is -1.19. The van der Waals surface area contributed by atoms with Gasteiger partial charge in [0.2, 0.25) is 10.0 Å². The summed E-state index contributed by atoms with van der Waals surface area (Å²) >= 11 is 3.16. The van der Waals surface area contributed by atoms with E-state index in [1.165, 1.54) is 12.1 Å². The minimum atomic E-state index is -3.80. The molecule has 0 amide bonds. The van der Waals surface area contributed by atoms with Gasteiger partial charge in [0.15, 0.2) is 0 Å². The van der Waals surface area contributed by atoms with Crippen LogP contribution in [0.2, 0.25) is 0 Å². The van der Waals surface area contributed by atoms with E-state index in [2.05, 4.69) is 20.7 Å². The first-order valence-electron chi connectivity index (χ1n) is 4.87. The van der Waals surface area contributed by atoms with Gasteiger partial charge in [-0.3, -0.25) is 4.79 Å². The van der Waals surface area contributed by atoms with E-state index in [0.29, 0.717) is 4.47 Å². The normalized spacial score (nSPS) is 13.3. The fourth-order valence-electron chi connectivity index (χ4n) is 1.20. The quantitative estimate of drug-likeness (QED) is 0.862.